The normalized spacial score (nSPS) is 12.3. The molecule has 1 aromatic carbocycles. The van der Waals surface area contributed by atoms with Crippen molar-refractivity contribution >= 4 is 40.9 Å². The Morgan fingerprint density at radius 3 is 2.95 bits per heavy atom. The van der Waals surface area contributed by atoms with E-state index in [1.54, 1.807) is 0 Å². The molecule has 0 aliphatic carbocycles. The number of fused-ring (bicyclic) bond motifs is 1. The first-order valence-electron chi connectivity index (χ1n) is 6.87. The van der Waals surface area contributed by atoms with E-state index in [2.05, 4.69) is 20.3 Å². The zero-order chi connectivity index (χ0) is 15.7. The van der Waals surface area contributed by atoms with Gasteiger partial charge in [-0.15, -0.1) is 0 Å². The van der Waals surface area contributed by atoms with Crippen LogP contribution in [-0.4, -0.2) is 22.1 Å². The second kappa shape index (κ2) is 5.73. The maximum atomic E-state index is 11.6. The third-order valence-corrected chi connectivity index (χ3v) is 3.68. The summed E-state index contributed by atoms with van der Waals surface area (Å²) in [5.41, 5.74) is 8.80. The maximum Gasteiger partial charge on any atom is 0.271 e. The van der Waals surface area contributed by atoms with Crippen LogP contribution >= 0.6 is 11.6 Å². The molecule has 0 fully saturated rings. The maximum absolute atomic E-state index is 11.6. The number of nitrogens with two attached hydrogens (primary N) is 1. The molecule has 0 atom stereocenters. The number of benzene rings is 1. The molecule has 1 amide bonds. The molecule has 0 unspecified atom stereocenters. The average molecular weight is 316 g/mol. The quantitative estimate of drug-likeness (QED) is 0.907. The van der Waals surface area contributed by atoms with Crippen LogP contribution in [0.1, 0.15) is 28.7 Å². The molecule has 7 heteroatoms. The van der Waals surface area contributed by atoms with E-state index in [0.717, 1.165) is 23.4 Å². The topological polar surface area (TPSA) is 93.3 Å². The number of aromatic nitrogens is 2. The van der Waals surface area contributed by atoms with Crippen LogP contribution in [0.5, 0.6) is 0 Å². The number of rotatable bonds is 4. The van der Waals surface area contributed by atoms with Gasteiger partial charge in [-0.3, -0.25) is 9.79 Å². The Morgan fingerprint density at radius 2 is 2.23 bits per heavy atom. The zero-order valence-electron chi connectivity index (χ0n) is 11.9. The molecule has 1 aliphatic heterocycles. The van der Waals surface area contributed by atoms with E-state index in [0.29, 0.717) is 12.1 Å². The van der Waals surface area contributed by atoms with Crippen molar-refractivity contribution in [3.63, 3.8) is 0 Å². The third kappa shape index (κ3) is 2.65. The molecule has 0 bridgehead atoms. The minimum Gasteiger partial charge on any atom is -0.364 e. The fourth-order valence-corrected chi connectivity index (χ4v) is 2.51. The Bertz CT molecular complexity index is 788. The highest BCUT2D eigenvalue weighted by atomic mass is 35.5. The van der Waals surface area contributed by atoms with Crippen LogP contribution in [0, 0.1) is 0 Å². The lowest BCUT2D eigenvalue weighted by Crippen LogP contribution is -2.18. The van der Waals surface area contributed by atoms with Crippen molar-refractivity contribution < 1.29 is 4.79 Å². The molecule has 2 heterocycles. The van der Waals surface area contributed by atoms with Gasteiger partial charge in [0.15, 0.2) is 16.7 Å². The van der Waals surface area contributed by atoms with Crippen LogP contribution in [-0.2, 0) is 12.8 Å². The monoisotopic (exact) mass is 315 g/mol. The molecular formula is C15H14ClN5O. The summed E-state index contributed by atoms with van der Waals surface area (Å²) in [5.74, 6) is -0.405. The molecule has 6 nitrogen and oxygen atoms in total. The van der Waals surface area contributed by atoms with Gasteiger partial charge in [0.2, 0.25) is 0 Å². The predicted octanol–water partition coefficient (Wildman–Crippen LogP) is 2.79. The molecule has 0 saturated heterocycles. The SMILES string of the molecule is CCc1nc(C(N)=O)c(Nc2ccc3c(c2)N=CC3)nc1Cl. The number of anilines is 2. The van der Waals surface area contributed by atoms with Gasteiger partial charge in [-0.2, -0.15) is 0 Å². The Balaban J connectivity index is 1.99. The lowest BCUT2D eigenvalue weighted by molar-refractivity contribution is 0.0996. The number of carbonyl (C=O) groups is 1. The van der Waals surface area contributed by atoms with E-state index in [4.69, 9.17) is 17.3 Å². The van der Waals surface area contributed by atoms with Crippen molar-refractivity contribution in [3.8, 4) is 0 Å². The number of primary amides is 1. The summed E-state index contributed by atoms with van der Waals surface area (Å²) in [5, 5.41) is 3.30. The molecule has 3 N–H and O–H groups in total. The van der Waals surface area contributed by atoms with Gasteiger partial charge in [-0.1, -0.05) is 24.6 Å². The van der Waals surface area contributed by atoms with E-state index in [1.807, 2.05) is 31.3 Å². The molecule has 0 saturated carbocycles. The van der Waals surface area contributed by atoms with Crippen molar-refractivity contribution in [1.29, 1.82) is 0 Å². The molecule has 1 aliphatic rings. The van der Waals surface area contributed by atoms with Crippen molar-refractivity contribution in [2.24, 2.45) is 10.7 Å². The lowest BCUT2D eigenvalue weighted by atomic mass is 10.1. The summed E-state index contributed by atoms with van der Waals surface area (Å²) in [6.45, 7) is 1.88. The highest BCUT2D eigenvalue weighted by Gasteiger charge is 2.17. The average Bonchev–Trinajstić information content (AvgIpc) is 2.94. The van der Waals surface area contributed by atoms with E-state index in [-0.39, 0.29) is 16.7 Å². The Hall–Kier alpha value is -2.47. The smallest absolute Gasteiger partial charge is 0.271 e. The molecular weight excluding hydrogens is 302 g/mol. The molecule has 112 valence electrons. The molecule has 0 radical (unpaired) electrons. The minimum absolute atomic E-state index is 0.0743. The van der Waals surface area contributed by atoms with Crippen molar-refractivity contribution in [1.82, 2.24) is 9.97 Å². The van der Waals surface area contributed by atoms with Crippen LogP contribution in [0.3, 0.4) is 0 Å². The number of hydrogen-bond acceptors (Lipinski definition) is 5. The first-order chi connectivity index (χ1) is 10.6. The van der Waals surface area contributed by atoms with Crippen LogP contribution in [0.4, 0.5) is 17.2 Å². The number of nitrogens with zero attached hydrogens (tertiary/aromatic N) is 3. The van der Waals surface area contributed by atoms with Crippen molar-refractivity contribution in [2.75, 3.05) is 5.32 Å². The Morgan fingerprint density at radius 1 is 1.41 bits per heavy atom. The number of hydrogen-bond donors (Lipinski definition) is 2. The van der Waals surface area contributed by atoms with E-state index in [1.165, 1.54) is 0 Å². The predicted molar refractivity (Wildman–Crippen MR) is 86.5 cm³/mol. The van der Waals surface area contributed by atoms with Gasteiger partial charge in [0.1, 0.15) is 0 Å². The van der Waals surface area contributed by atoms with Crippen molar-refractivity contribution in [3.05, 3.63) is 40.3 Å². The summed E-state index contributed by atoms with van der Waals surface area (Å²) in [6, 6.07) is 5.75. The Labute approximate surface area is 132 Å². The molecule has 0 spiro atoms. The van der Waals surface area contributed by atoms with Crippen LogP contribution in [0.2, 0.25) is 5.15 Å². The summed E-state index contributed by atoms with van der Waals surface area (Å²) < 4.78 is 0. The van der Waals surface area contributed by atoms with Gasteiger partial charge in [-0.05, 0) is 24.1 Å². The summed E-state index contributed by atoms with van der Waals surface area (Å²) in [6.07, 6.45) is 3.26. The minimum atomic E-state index is -0.652. The number of aliphatic imine (C=N–C) groups is 1. The van der Waals surface area contributed by atoms with Crippen LogP contribution < -0.4 is 11.1 Å². The second-order valence-electron chi connectivity index (χ2n) is 4.86. The van der Waals surface area contributed by atoms with Crippen molar-refractivity contribution in [2.45, 2.75) is 19.8 Å². The number of aryl methyl sites for hydroxylation is 1. The summed E-state index contributed by atoms with van der Waals surface area (Å²) in [7, 11) is 0. The molecule has 22 heavy (non-hydrogen) atoms. The largest absolute Gasteiger partial charge is 0.364 e. The number of amides is 1. The van der Waals surface area contributed by atoms with Gasteiger partial charge in [0.25, 0.3) is 5.91 Å². The zero-order valence-corrected chi connectivity index (χ0v) is 12.7. The van der Waals surface area contributed by atoms with Gasteiger partial charge in [0.05, 0.1) is 11.4 Å². The third-order valence-electron chi connectivity index (χ3n) is 3.38. The standard InChI is InChI=1S/C15H14ClN5O/c1-2-10-13(16)21-15(12(20-10)14(17)22)19-9-4-3-8-5-6-18-11(8)7-9/h3-4,6-7H,2,5H2,1H3,(H2,17,22)(H,19,21). The molecule has 1 aromatic heterocycles. The fraction of sp³-hybridized carbons (Fsp3) is 0.200. The second-order valence-corrected chi connectivity index (χ2v) is 5.22. The number of nitrogens with one attached hydrogen (secondary N) is 1. The Kier molecular flexibility index (Phi) is 3.77. The first kappa shape index (κ1) is 14.5. The van der Waals surface area contributed by atoms with Gasteiger partial charge in [0, 0.05) is 18.3 Å². The number of halogens is 1. The molecule has 2 aromatic rings. The van der Waals surface area contributed by atoms with E-state index >= 15 is 0 Å². The van der Waals surface area contributed by atoms with E-state index in [9.17, 15) is 4.79 Å². The summed E-state index contributed by atoms with van der Waals surface area (Å²) >= 11 is 6.08. The fourth-order valence-electron chi connectivity index (χ4n) is 2.25. The highest BCUT2D eigenvalue weighted by Crippen LogP contribution is 2.29. The highest BCUT2D eigenvalue weighted by molar-refractivity contribution is 6.30. The molecule has 3 rings (SSSR count). The first-order valence-corrected chi connectivity index (χ1v) is 7.25. The van der Waals surface area contributed by atoms with Gasteiger partial charge < -0.3 is 11.1 Å². The van der Waals surface area contributed by atoms with E-state index < -0.39 is 5.91 Å². The van der Waals surface area contributed by atoms with Crippen LogP contribution in [0.25, 0.3) is 0 Å². The van der Waals surface area contributed by atoms with Gasteiger partial charge >= 0.3 is 0 Å². The summed E-state index contributed by atoms with van der Waals surface area (Å²) in [4.78, 5) is 24.3. The van der Waals surface area contributed by atoms with Crippen LogP contribution in [0.15, 0.2) is 23.2 Å². The lowest BCUT2D eigenvalue weighted by Gasteiger charge is -2.11. The number of carbonyl (C=O) groups excluding carboxylic acids is 1. The van der Waals surface area contributed by atoms with Gasteiger partial charge in [-0.25, -0.2) is 9.97 Å².